The number of fused-ring (bicyclic) bond motifs is 2. The second-order valence-corrected chi connectivity index (χ2v) is 13.0. The first-order valence-corrected chi connectivity index (χ1v) is 14.2. The van der Waals surface area contributed by atoms with Gasteiger partial charge >= 0.3 is 0 Å². The van der Waals surface area contributed by atoms with E-state index in [2.05, 4.69) is 20.8 Å². The number of pyridine rings is 2. The van der Waals surface area contributed by atoms with Gasteiger partial charge in [0.2, 0.25) is 5.78 Å². The van der Waals surface area contributed by atoms with Crippen LogP contribution in [0.2, 0.25) is 0 Å². The van der Waals surface area contributed by atoms with E-state index in [-0.39, 0.29) is 23.6 Å². The highest BCUT2D eigenvalue weighted by atomic mass is 16.5. The molecule has 0 radical (unpaired) electrons. The number of ether oxygens (including phenoxy) is 2. The van der Waals surface area contributed by atoms with Gasteiger partial charge in [-0.3, -0.25) is 9.59 Å². The summed E-state index contributed by atoms with van der Waals surface area (Å²) in [5, 5.41) is 1.07. The molecule has 0 aliphatic heterocycles. The fourth-order valence-electron chi connectivity index (χ4n) is 5.18. The number of hydrogen-bond donors (Lipinski definition) is 0. The number of nitrogens with zero attached hydrogens (tertiary/aromatic N) is 2. The fourth-order valence-corrected chi connectivity index (χ4v) is 5.18. The number of carbonyl (C=O) groups is 2. The topological polar surface area (TPSA) is 69.9 Å². The first-order chi connectivity index (χ1) is 19.9. The molecule has 0 aliphatic rings. The van der Waals surface area contributed by atoms with Crippen LogP contribution in [0.15, 0.2) is 79.0 Å². The summed E-state index contributed by atoms with van der Waals surface area (Å²) in [5.74, 6) is 1.12. The quantitative estimate of drug-likeness (QED) is 0.179. The summed E-state index contributed by atoms with van der Waals surface area (Å²) >= 11 is 0. The van der Waals surface area contributed by atoms with Crippen molar-refractivity contribution < 1.29 is 19.1 Å². The predicted molar refractivity (Wildman–Crippen MR) is 167 cm³/mol. The van der Waals surface area contributed by atoms with Gasteiger partial charge in [0.15, 0.2) is 5.78 Å². The largest absolute Gasteiger partial charge is 0.497 e. The number of ketones is 2. The van der Waals surface area contributed by atoms with E-state index in [0.717, 1.165) is 22.2 Å². The van der Waals surface area contributed by atoms with Crippen LogP contribution >= 0.6 is 0 Å². The van der Waals surface area contributed by atoms with Crippen molar-refractivity contribution in [2.45, 2.75) is 54.6 Å². The molecule has 0 atom stereocenters. The lowest BCUT2D eigenvalue weighted by molar-refractivity contribution is 0.0859. The van der Waals surface area contributed by atoms with Crippen LogP contribution in [0.3, 0.4) is 0 Å². The van der Waals surface area contributed by atoms with Gasteiger partial charge in [-0.25, -0.2) is 4.98 Å². The summed E-state index contributed by atoms with van der Waals surface area (Å²) < 4.78 is 13.4. The van der Waals surface area contributed by atoms with Crippen LogP contribution in [0, 0.1) is 10.8 Å². The molecule has 0 fully saturated rings. The molecule has 6 heteroatoms. The van der Waals surface area contributed by atoms with Crippen LogP contribution in [-0.2, 0) is 13.0 Å². The molecule has 0 saturated heterocycles. The molecule has 3 aromatic heterocycles. The molecule has 0 bridgehead atoms. The van der Waals surface area contributed by atoms with Gasteiger partial charge in [0.25, 0.3) is 0 Å². The summed E-state index contributed by atoms with van der Waals surface area (Å²) in [5.41, 5.74) is 3.92. The van der Waals surface area contributed by atoms with Crippen molar-refractivity contribution in [2.24, 2.45) is 10.8 Å². The number of hydrogen-bond acceptors (Lipinski definition) is 5. The number of methoxy groups -OCH3 is 1. The zero-order valence-corrected chi connectivity index (χ0v) is 25.4. The maximum atomic E-state index is 14.1. The smallest absolute Gasteiger partial charge is 0.210 e. The maximum Gasteiger partial charge on any atom is 0.210 e. The zero-order valence-electron chi connectivity index (χ0n) is 25.4. The molecule has 0 unspecified atom stereocenters. The number of benzene rings is 2. The number of para-hydroxylation sites is 1. The average molecular weight is 563 g/mol. The molecule has 0 amide bonds. The molecule has 216 valence electrons. The number of Topliss-reactive ketones (excluding diaryl/α,β-unsaturated/α-hetero) is 1. The number of aromatic nitrogens is 2. The van der Waals surface area contributed by atoms with E-state index in [4.69, 9.17) is 14.5 Å². The maximum absolute atomic E-state index is 14.1. The molecule has 5 aromatic rings. The molecular formula is C36H38N2O4. The van der Waals surface area contributed by atoms with Gasteiger partial charge in [-0.2, -0.15) is 0 Å². The zero-order chi connectivity index (χ0) is 30.2. The Morgan fingerprint density at radius 3 is 2.24 bits per heavy atom. The van der Waals surface area contributed by atoms with Crippen LogP contribution in [0.5, 0.6) is 11.5 Å². The highest BCUT2D eigenvalue weighted by molar-refractivity contribution is 6.15. The molecule has 3 heterocycles. The van der Waals surface area contributed by atoms with Gasteiger partial charge in [0.1, 0.15) is 18.1 Å². The Morgan fingerprint density at radius 2 is 1.57 bits per heavy atom. The number of carbonyl (C=O) groups excluding carboxylic acids is 2. The highest BCUT2D eigenvalue weighted by Crippen LogP contribution is 2.37. The minimum absolute atomic E-state index is 0.0126. The summed E-state index contributed by atoms with van der Waals surface area (Å²) in [6.45, 7) is 12.4. The molecule has 0 N–H and O–H groups in total. The third kappa shape index (κ3) is 5.94. The van der Waals surface area contributed by atoms with Crippen molar-refractivity contribution in [3.63, 3.8) is 0 Å². The van der Waals surface area contributed by atoms with E-state index in [1.165, 1.54) is 0 Å². The standard InChI is InChI=1S/C36H38N2O4/c1-35(2,3)21-28-31(34(40)36(4,5)6)30-20-27(42-22-25-15-12-23-10-8-9-11-29(23)37-25)18-19-38(30)32(28)33(39)24-13-16-26(41-7)17-14-24/h8-20H,21-22H2,1-7H3. The van der Waals surface area contributed by atoms with Crippen LogP contribution in [0.25, 0.3) is 16.4 Å². The Balaban J connectivity index is 1.63. The lowest BCUT2D eigenvalue weighted by Gasteiger charge is -2.22. The molecular weight excluding hydrogens is 524 g/mol. The SMILES string of the molecule is COc1ccc(C(=O)c2c(CC(C)(C)C)c(C(=O)C(C)(C)C)c3cc(OCc4ccc5ccccc5n4)ccn23)cc1. The Kier molecular flexibility index (Phi) is 7.67. The molecule has 6 nitrogen and oxygen atoms in total. The first kappa shape index (κ1) is 29.1. The Morgan fingerprint density at radius 1 is 0.857 bits per heavy atom. The second kappa shape index (κ2) is 11.1. The first-order valence-electron chi connectivity index (χ1n) is 14.2. The van der Waals surface area contributed by atoms with Gasteiger partial charge in [-0.15, -0.1) is 0 Å². The van der Waals surface area contributed by atoms with Crippen molar-refractivity contribution in [3.8, 4) is 11.5 Å². The summed E-state index contributed by atoms with van der Waals surface area (Å²) in [4.78, 5) is 32.9. The lowest BCUT2D eigenvalue weighted by Crippen LogP contribution is -2.23. The normalized spacial score (nSPS) is 12.1. The predicted octanol–water partition coefficient (Wildman–Crippen LogP) is 8.12. The second-order valence-electron chi connectivity index (χ2n) is 13.0. The molecule has 2 aromatic carbocycles. The lowest BCUT2D eigenvalue weighted by atomic mass is 9.80. The van der Waals surface area contributed by atoms with Gasteiger partial charge in [0, 0.05) is 34.2 Å². The van der Waals surface area contributed by atoms with E-state index < -0.39 is 5.41 Å². The van der Waals surface area contributed by atoms with Crippen molar-refractivity contribution in [3.05, 3.63) is 107 Å². The van der Waals surface area contributed by atoms with Gasteiger partial charge in [-0.05, 0) is 59.9 Å². The fraction of sp³-hybridized carbons (Fsp3) is 0.306. The van der Waals surface area contributed by atoms with Gasteiger partial charge < -0.3 is 13.9 Å². The minimum atomic E-state index is -0.652. The third-order valence-corrected chi connectivity index (χ3v) is 7.24. The van der Waals surface area contributed by atoms with Crippen molar-refractivity contribution in [1.29, 1.82) is 0 Å². The van der Waals surface area contributed by atoms with E-state index in [1.807, 2.05) is 79.9 Å². The monoisotopic (exact) mass is 562 g/mol. The molecule has 0 spiro atoms. The summed E-state index contributed by atoms with van der Waals surface area (Å²) in [6, 6.07) is 22.8. The van der Waals surface area contributed by atoms with Gasteiger partial charge in [0.05, 0.1) is 29.5 Å². The molecule has 0 aliphatic carbocycles. The van der Waals surface area contributed by atoms with E-state index >= 15 is 0 Å². The third-order valence-electron chi connectivity index (χ3n) is 7.24. The summed E-state index contributed by atoms with van der Waals surface area (Å²) in [6.07, 6.45) is 2.39. The van der Waals surface area contributed by atoms with Crippen molar-refractivity contribution >= 4 is 28.0 Å². The molecule has 42 heavy (non-hydrogen) atoms. The van der Waals surface area contributed by atoms with Crippen molar-refractivity contribution in [2.75, 3.05) is 7.11 Å². The van der Waals surface area contributed by atoms with E-state index in [0.29, 0.717) is 40.3 Å². The number of rotatable bonds is 8. The Labute approximate surface area is 247 Å². The highest BCUT2D eigenvalue weighted by Gasteiger charge is 2.34. The molecule has 0 saturated carbocycles. The van der Waals surface area contributed by atoms with Crippen LogP contribution in [0.4, 0.5) is 0 Å². The Hall–Kier alpha value is -4.45. The van der Waals surface area contributed by atoms with Gasteiger partial charge in [-0.1, -0.05) is 65.8 Å². The summed E-state index contributed by atoms with van der Waals surface area (Å²) in [7, 11) is 1.60. The Bertz CT molecular complexity index is 1780. The average Bonchev–Trinajstić information content (AvgIpc) is 3.25. The minimum Gasteiger partial charge on any atom is -0.497 e. The van der Waals surface area contributed by atoms with E-state index in [9.17, 15) is 9.59 Å². The van der Waals surface area contributed by atoms with E-state index in [1.54, 1.807) is 31.4 Å². The van der Waals surface area contributed by atoms with Crippen LogP contribution in [-0.4, -0.2) is 28.1 Å². The molecule has 5 rings (SSSR count). The van der Waals surface area contributed by atoms with Crippen LogP contribution < -0.4 is 9.47 Å². The van der Waals surface area contributed by atoms with Crippen LogP contribution in [0.1, 0.15) is 79.2 Å². The van der Waals surface area contributed by atoms with Crippen molar-refractivity contribution in [1.82, 2.24) is 9.38 Å².